The highest BCUT2D eigenvalue weighted by Crippen LogP contribution is 2.28. The van der Waals surface area contributed by atoms with Crippen molar-refractivity contribution >= 4 is 17.5 Å². The molecule has 6 heteroatoms. The van der Waals surface area contributed by atoms with Gasteiger partial charge in [-0.15, -0.1) is 0 Å². The summed E-state index contributed by atoms with van der Waals surface area (Å²) in [4.78, 5) is 24.3. The van der Waals surface area contributed by atoms with Gasteiger partial charge in [0.1, 0.15) is 0 Å². The first-order valence-electron chi connectivity index (χ1n) is 9.34. The number of carbonyl (C=O) groups is 2. The number of rotatable bonds is 9. The van der Waals surface area contributed by atoms with Gasteiger partial charge in [-0.1, -0.05) is 31.2 Å². The molecule has 0 aromatic heterocycles. The number of hydrogen-bond donors (Lipinski definition) is 2. The van der Waals surface area contributed by atoms with Crippen molar-refractivity contribution in [3.63, 3.8) is 0 Å². The number of nitrogens with one attached hydrogen (secondary N) is 2. The molecule has 2 amide bonds. The Morgan fingerprint density at radius 1 is 1.00 bits per heavy atom. The van der Waals surface area contributed by atoms with E-state index in [1.165, 1.54) is 0 Å². The van der Waals surface area contributed by atoms with E-state index < -0.39 is 0 Å². The highest BCUT2D eigenvalue weighted by Gasteiger charge is 2.11. The molecular weight excluding hydrogens is 356 g/mol. The van der Waals surface area contributed by atoms with Gasteiger partial charge in [-0.3, -0.25) is 9.59 Å². The van der Waals surface area contributed by atoms with E-state index >= 15 is 0 Å². The van der Waals surface area contributed by atoms with Gasteiger partial charge in [-0.2, -0.15) is 0 Å². The van der Waals surface area contributed by atoms with Crippen molar-refractivity contribution in [2.24, 2.45) is 0 Å². The lowest BCUT2D eigenvalue weighted by atomic mass is 10.1. The minimum absolute atomic E-state index is 0.0533. The largest absolute Gasteiger partial charge is 0.493 e. The van der Waals surface area contributed by atoms with Crippen LogP contribution in [0, 0.1) is 6.92 Å². The van der Waals surface area contributed by atoms with Gasteiger partial charge in [0.25, 0.3) is 0 Å². The van der Waals surface area contributed by atoms with Crippen LogP contribution in [0.3, 0.4) is 0 Å². The number of carbonyl (C=O) groups excluding carboxylic acids is 2. The first-order valence-corrected chi connectivity index (χ1v) is 9.34. The maximum atomic E-state index is 12.2. The number of ether oxygens (including phenoxy) is 2. The van der Waals surface area contributed by atoms with Crippen molar-refractivity contribution in [2.75, 3.05) is 26.1 Å². The smallest absolute Gasteiger partial charge is 0.243 e. The fourth-order valence-corrected chi connectivity index (χ4v) is 2.95. The molecule has 0 saturated heterocycles. The maximum absolute atomic E-state index is 12.2. The van der Waals surface area contributed by atoms with E-state index in [4.69, 9.17) is 9.47 Å². The summed E-state index contributed by atoms with van der Waals surface area (Å²) in [6.45, 7) is 3.94. The Morgan fingerprint density at radius 2 is 1.75 bits per heavy atom. The summed E-state index contributed by atoms with van der Waals surface area (Å²) in [7, 11) is 3.15. The predicted molar refractivity (Wildman–Crippen MR) is 110 cm³/mol. The standard InChI is InChI=1S/C22H28N2O4/c1-5-17-8-6-7-15(2)22(17)24-21(26)14-23-20(25)12-10-16-9-11-18(27-3)19(13-16)28-4/h6-9,11,13H,5,10,12,14H2,1-4H3,(H,23,25)(H,24,26). The molecule has 2 N–H and O–H groups in total. The molecule has 0 spiro atoms. The molecule has 2 aromatic carbocycles. The monoisotopic (exact) mass is 384 g/mol. The van der Waals surface area contributed by atoms with Crippen LogP contribution in [-0.4, -0.2) is 32.6 Å². The van der Waals surface area contributed by atoms with Crippen LogP contribution >= 0.6 is 0 Å². The van der Waals surface area contributed by atoms with Crippen LogP contribution < -0.4 is 20.1 Å². The van der Waals surface area contributed by atoms with Gasteiger partial charge in [-0.05, 0) is 48.6 Å². The van der Waals surface area contributed by atoms with Gasteiger partial charge in [0.05, 0.1) is 20.8 Å². The van der Waals surface area contributed by atoms with E-state index in [0.29, 0.717) is 17.9 Å². The maximum Gasteiger partial charge on any atom is 0.243 e. The van der Waals surface area contributed by atoms with E-state index in [2.05, 4.69) is 10.6 Å². The zero-order valence-corrected chi connectivity index (χ0v) is 16.9. The van der Waals surface area contributed by atoms with Crippen molar-refractivity contribution in [3.8, 4) is 11.5 Å². The molecule has 0 fully saturated rings. The molecule has 0 aliphatic heterocycles. The Morgan fingerprint density at radius 3 is 2.43 bits per heavy atom. The summed E-state index contributed by atoms with van der Waals surface area (Å²) >= 11 is 0. The number of para-hydroxylation sites is 1. The Bertz CT molecular complexity index is 833. The lowest BCUT2D eigenvalue weighted by Crippen LogP contribution is -2.33. The Kier molecular flexibility index (Phi) is 7.87. The van der Waals surface area contributed by atoms with Crippen molar-refractivity contribution in [3.05, 3.63) is 53.1 Å². The molecule has 0 bridgehead atoms. The van der Waals surface area contributed by atoms with E-state index in [1.807, 2.05) is 50.2 Å². The van der Waals surface area contributed by atoms with Gasteiger partial charge in [0.15, 0.2) is 11.5 Å². The average molecular weight is 384 g/mol. The topological polar surface area (TPSA) is 76.7 Å². The van der Waals surface area contributed by atoms with E-state index in [-0.39, 0.29) is 24.8 Å². The fourth-order valence-electron chi connectivity index (χ4n) is 2.95. The Labute approximate surface area is 166 Å². The van der Waals surface area contributed by atoms with Gasteiger partial charge in [-0.25, -0.2) is 0 Å². The predicted octanol–water partition coefficient (Wildman–Crippen LogP) is 3.26. The first kappa shape index (κ1) is 21.3. The molecule has 0 atom stereocenters. The van der Waals surface area contributed by atoms with Gasteiger partial charge < -0.3 is 20.1 Å². The van der Waals surface area contributed by atoms with Crippen LogP contribution in [0.25, 0.3) is 0 Å². The summed E-state index contributed by atoms with van der Waals surface area (Å²) in [5, 5.41) is 5.58. The molecule has 0 aliphatic carbocycles. The fraction of sp³-hybridized carbons (Fsp3) is 0.364. The van der Waals surface area contributed by atoms with Crippen LogP contribution in [0.1, 0.15) is 30.0 Å². The van der Waals surface area contributed by atoms with E-state index in [1.54, 1.807) is 14.2 Å². The second-order valence-electron chi connectivity index (χ2n) is 6.48. The molecular formula is C22H28N2O4. The summed E-state index contributed by atoms with van der Waals surface area (Å²) in [5.41, 5.74) is 3.87. The van der Waals surface area contributed by atoms with Crippen LogP contribution in [0.15, 0.2) is 36.4 Å². The normalized spacial score (nSPS) is 10.3. The van der Waals surface area contributed by atoms with Gasteiger partial charge >= 0.3 is 0 Å². The first-order chi connectivity index (χ1) is 13.5. The second kappa shape index (κ2) is 10.3. The zero-order chi connectivity index (χ0) is 20.5. The third kappa shape index (κ3) is 5.74. The minimum Gasteiger partial charge on any atom is -0.493 e. The number of aryl methyl sites for hydroxylation is 3. The summed E-state index contributed by atoms with van der Waals surface area (Å²) in [6.07, 6.45) is 1.66. The summed E-state index contributed by atoms with van der Waals surface area (Å²) in [6, 6.07) is 11.5. The van der Waals surface area contributed by atoms with Crippen molar-refractivity contribution in [2.45, 2.75) is 33.1 Å². The number of benzene rings is 2. The number of amides is 2. The van der Waals surface area contributed by atoms with Gasteiger partial charge in [0, 0.05) is 12.1 Å². The van der Waals surface area contributed by atoms with Crippen LogP contribution in [0.4, 0.5) is 5.69 Å². The van der Waals surface area contributed by atoms with Gasteiger partial charge in [0.2, 0.25) is 11.8 Å². The highest BCUT2D eigenvalue weighted by atomic mass is 16.5. The van der Waals surface area contributed by atoms with E-state index in [9.17, 15) is 9.59 Å². The molecule has 28 heavy (non-hydrogen) atoms. The minimum atomic E-state index is -0.233. The molecule has 0 radical (unpaired) electrons. The third-order valence-electron chi connectivity index (χ3n) is 4.54. The Balaban J connectivity index is 1.83. The van der Waals surface area contributed by atoms with Crippen LogP contribution in [0.5, 0.6) is 11.5 Å². The second-order valence-corrected chi connectivity index (χ2v) is 6.48. The molecule has 0 heterocycles. The molecule has 150 valence electrons. The lowest BCUT2D eigenvalue weighted by Gasteiger charge is -2.13. The quantitative estimate of drug-likeness (QED) is 0.696. The van der Waals surface area contributed by atoms with E-state index in [0.717, 1.165) is 28.8 Å². The van der Waals surface area contributed by atoms with Crippen LogP contribution in [0.2, 0.25) is 0 Å². The average Bonchev–Trinajstić information content (AvgIpc) is 2.71. The molecule has 0 aliphatic rings. The summed E-state index contributed by atoms with van der Waals surface area (Å²) < 4.78 is 10.5. The lowest BCUT2D eigenvalue weighted by molar-refractivity contribution is -0.124. The molecule has 6 nitrogen and oxygen atoms in total. The van der Waals surface area contributed by atoms with Crippen molar-refractivity contribution in [1.82, 2.24) is 5.32 Å². The number of hydrogen-bond acceptors (Lipinski definition) is 4. The number of anilines is 1. The van der Waals surface area contributed by atoms with Crippen molar-refractivity contribution < 1.29 is 19.1 Å². The summed E-state index contributed by atoms with van der Waals surface area (Å²) in [5.74, 6) is 0.869. The molecule has 0 saturated carbocycles. The molecule has 0 unspecified atom stereocenters. The van der Waals surface area contributed by atoms with Crippen molar-refractivity contribution in [1.29, 1.82) is 0 Å². The third-order valence-corrected chi connectivity index (χ3v) is 4.54. The highest BCUT2D eigenvalue weighted by molar-refractivity contribution is 5.95. The SMILES string of the molecule is CCc1cccc(C)c1NC(=O)CNC(=O)CCc1ccc(OC)c(OC)c1. The molecule has 2 aromatic rings. The Hall–Kier alpha value is -3.02. The zero-order valence-electron chi connectivity index (χ0n) is 16.9. The van der Waals surface area contributed by atoms with Crippen LogP contribution in [-0.2, 0) is 22.4 Å². The number of methoxy groups -OCH3 is 2. The molecule has 2 rings (SSSR count).